The first kappa shape index (κ1) is 13.6. The van der Waals surface area contributed by atoms with E-state index in [-0.39, 0.29) is 5.56 Å². The molecule has 0 aliphatic heterocycles. The smallest absolute Gasteiger partial charge is 0.0754 e. The van der Waals surface area contributed by atoms with Crippen LogP contribution in [-0.4, -0.2) is 11.7 Å². The minimum atomic E-state index is -1.24. The second-order valence-corrected chi connectivity index (χ2v) is 5.22. The molecule has 4 nitrogen and oxygen atoms in total. The van der Waals surface area contributed by atoms with Crippen LogP contribution < -0.4 is 10.5 Å². The van der Waals surface area contributed by atoms with Crippen LogP contribution in [0.5, 0.6) is 0 Å². The lowest BCUT2D eigenvalue weighted by Crippen LogP contribution is -2.22. The fraction of sp³-hybridized carbons (Fsp3) is 0.125. The van der Waals surface area contributed by atoms with Gasteiger partial charge in [-0.2, -0.15) is 5.10 Å². The van der Waals surface area contributed by atoms with Crippen molar-refractivity contribution in [1.82, 2.24) is 0 Å². The Hall–Kier alpha value is -2.33. The van der Waals surface area contributed by atoms with Gasteiger partial charge in [-0.1, -0.05) is 41.9 Å². The van der Waals surface area contributed by atoms with Crippen LogP contribution in [0.2, 0.25) is 5.02 Å². The average Bonchev–Trinajstić information content (AvgIpc) is 2.89. The van der Waals surface area contributed by atoms with Crippen molar-refractivity contribution in [1.29, 1.82) is 0 Å². The van der Waals surface area contributed by atoms with E-state index in [9.17, 15) is 9.90 Å². The molecule has 21 heavy (non-hydrogen) atoms. The van der Waals surface area contributed by atoms with Gasteiger partial charge in [-0.15, -0.1) is 0 Å². The van der Waals surface area contributed by atoms with Crippen LogP contribution in [0.1, 0.15) is 27.9 Å². The number of carboxylic acid groups (broad SMARTS) is 1. The summed E-state index contributed by atoms with van der Waals surface area (Å²) >= 11 is 6.04. The van der Waals surface area contributed by atoms with E-state index < -0.39 is 5.97 Å². The molecule has 106 valence electrons. The monoisotopic (exact) mass is 299 g/mol. The Morgan fingerprint density at radius 3 is 2.81 bits per heavy atom. The van der Waals surface area contributed by atoms with E-state index >= 15 is 0 Å². The number of carboxylic acids is 1. The number of hydrogen-bond donors (Lipinski definition) is 1. The van der Waals surface area contributed by atoms with Crippen LogP contribution in [0.4, 0.5) is 5.69 Å². The molecular formula is C16H12ClN2O2-. The molecule has 1 N–H and O–H groups in total. The first-order chi connectivity index (χ1) is 10.1. The van der Waals surface area contributed by atoms with Crippen molar-refractivity contribution >= 4 is 29.0 Å². The number of halogens is 1. The molecule has 2 aromatic rings. The van der Waals surface area contributed by atoms with Gasteiger partial charge in [0.2, 0.25) is 0 Å². The van der Waals surface area contributed by atoms with Gasteiger partial charge in [-0.3, -0.25) is 5.43 Å². The number of anilines is 1. The van der Waals surface area contributed by atoms with Crippen molar-refractivity contribution in [3.8, 4) is 0 Å². The molecule has 5 heteroatoms. The SMILES string of the molecule is O=C([O-])c1ccc(Cl)c(N/N=C2/CCc3ccccc32)c1. The Morgan fingerprint density at radius 1 is 1.19 bits per heavy atom. The highest BCUT2D eigenvalue weighted by molar-refractivity contribution is 6.33. The number of carbonyl (C=O) groups is 1. The molecule has 0 heterocycles. The van der Waals surface area contributed by atoms with Gasteiger partial charge in [-0.05, 0) is 36.1 Å². The minimum Gasteiger partial charge on any atom is -0.545 e. The maximum atomic E-state index is 10.9. The number of aryl methyl sites for hydroxylation is 1. The van der Waals surface area contributed by atoms with E-state index in [0.29, 0.717) is 10.7 Å². The molecule has 0 fully saturated rings. The Morgan fingerprint density at radius 2 is 2.00 bits per heavy atom. The quantitative estimate of drug-likeness (QED) is 0.886. The van der Waals surface area contributed by atoms with Crippen molar-refractivity contribution in [2.24, 2.45) is 5.10 Å². The van der Waals surface area contributed by atoms with Crippen LogP contribution in [-0.2, 0) is 6.42 Å². The zero-order chi connectivity index (χ0) is 14.8. The zero-order valence-corrected chi connectivity index (χ0v) is 11.9. The van der Waals surface area contributed by atoms with Crippen LogP contribution in [0, 0.1) is 0 Å². The van der Waals surface area contributed by atoms with Gasteiger partial charge in [-0.25, -0.2) is 0 Å². The average molecular weight is 300 g/mol. The van der Waals surface area contributed by atoms with Crippen molar-refractivity contribution in [3.63, 3.8) is 0 Å². The number of hydrogen-bond acceptors (Lipinski definition) is 4. The van der Waals surface area contributed by atoms with E-state index in [1.54, 1.807) is 0 Å². The lowest BCUT2D eigenvalue weighted by molar-refractivity contribution is -0.255. The number of benzene rings is 2. The van der Waals surface area contributed by atoms with Crippen LogP contribution in [0.15, 0.2) is 47.6 Å². The van der Waals surface area contributed by atoms with E-state index in [1.807, 2.05) is 18.2 Å². The molecule has 2 aromatic carbocycles. The largest absolute Gasteiger partial charge is 0.545 e. The normalized spacial score (nSPS) is 15.0. The maximum absolute atomic E-state index is 10.9. The first-order valence-corrected chi connectivity index (χ1v) is 6.94. The zero-order valence-electron chi connectivity index (χ0n) is 11.1. The Kier molecular flexibility index (Phi) is 3.62. The number of nitrogens with zero attached hydrogens (tertiary/aromatic N) is 1. The molecule has 0 spiro atoms. The van der Waals surface area contributed by atoms with Crippen molar-refractivity contribution in [2.75, 3.05) is 5.43 Å². The summed E-state index contributed by atoms with van der Waals surface area (Å²) < 4.78 is 0. The molecule has 0 atom stereocenters. The molecule has 3 rings (SSSR count). The third-order valence-corrected chi connectivity index (χ3v) is 3.80. The molecule has 0 aromatic heterocycles. The van der Waals surface area contributed by atoms with Crippen molar-refractivity contribution in [2.45, 2.75) is 12.8 Å². The molecule has 1 aliphatic carbocycles. The summed E-state index contributed by atoms with van der Waals surface area (Å²) in [4.78, 5) is 10.9. The molecular weight excluding hydrogens is 288 g/mol. The van der Waals surface area contributed by atoms with Crippen molar-refractivity contribution < 1.29 is 9.90 Å². The van der Waals surface area contributed by atoms with E-state index in [0.717, 1.165) is 24.1 Å². The standard InChI is InChI=1S/C16H13ClN2O2/c17-13-7-5-11(16(20)21)9-15(13)19-18-14-8-6-10-3-1-2-4-12(10)14/h1-5,7,9,19H,6,8H2,(H,20,21)/p-1/b18-14-. The Balaban J connectivity index is 1.87. The molecule has 0 radical (unpaired) electrons. The summed E-state index contributed by atoms with van der Waals surface area (Å²) in [5.74, 6) is -1.24. The predicted octanol–water partition coefficient (Wildman–Crippen LogP) is 2.47. The van der Waals surface area contributed by atoms with Crippen LogP contribution >= 0.6 is 11.6 Å². The molecule has 0 amide bonds. The van der Waals surface area contributed by atoms with Gasteiger partial charge in [0.15, 0.2) is 0 Å². The Labute approximate surface area is 127 Å². The summed E-state index contributed by atoms with van der Waals surface area (Å²) in [5, 5.41) is 15.6. The number of rotatable bonds is 3. The van der Waals surface area contributed by atoms with Gasteiger partial charge in [0.25, 0.3) is 0 Å². The fourth-order valence-corrected chi connectivity index (χ4v) is 2.55. The number of aromatic carboxylic acids is 1. The molecule has 0 unspecified atom stereocenters. The highest BCUT2D eigenvalue weighted by atomic mass is 35.5. The first-order valence-electron chi connectivity index (χ1n) is 6.57. The third-order valence-electron chi connectivity index (χ3n) is 3.47. The van der Waals surface area contributed by atoms with Gasteiger partial charge >= 0.3 is 0 Å². The lowest BCUT2D eigenvalue weighted by Gasteiger charge is -2.08. The number of fused-ring (bicyclic) bond motifs is 1. The van der Waals surface area contributed by atoms with Gasteiger partial charge in [0.1, 0.15) is 0 Å². The summed E-state index contributed by atoms with van der Waals surface area (Å²) in [5.41, 5.74) is 6.71. The van der Waals surface area contributed by atoms with Crippen LogP contribution in [0.3, 0.4) is 0 Å². The van der Waals surface area contributed by atoms with Crippen LogP contribution in [0.25, 0.3) is 0 Å². The second-order valence-electron chi connectivity index (χ2n) is 4.81. The summed E-state index contributed by atoms with van der Waals surface area (Å²) in [6.07, 6.45) is 1.81. The molecule has 0 bridgehead atoms. The molecule has 0 saturated heterocycles. The Bertz CT molecular complexity index is 741. The number of nitrogens with one attached hydrogen (secondary N) is 1. The maximum Gasteiger partial charge on any atom is 0.0754 e. The third kappa shape index (κ3) is 2.76. The highest BCUT2D eigenvalue weighted by Crippen LogP contribution is 2.25. The topological polar surface area (TPSA) is 64.5 Å². The summed E-state index contributed by atoms with van der Waals surface area (Å²) in [6, 6.07) is 12.4. The summed E-state index contributed by atoms with van der Waals surface area (Å²) in [6.45, 7) is 0. The van der Waals surface area contributed by atoms with Gasteiger partial charge < -0.3 is 9.90 Å². The lowest BCUT2D eigenvalue weighted by atomic mass is 10.1. The molecule has 1 aliphatic rings. The number of carbonyl (C=O) groups excluding carboxylic acids is 1. The highest BCUT2D eigenvalue weighted by Gasteiger charge is 2.16. The minimum absolute atomic E-state index is 0.0638. The summed E-state index contributed by atoms with van der Waals surface area (Å²) in [7, 11) is 0. The second kappa shape index (κ2) is 5.58. The predicted molar refractivity (Wildman–Crippen MR) is 80.7 cm³/mol. The van der Waals surface area contributed by atoms with E-state index in [2.05, 4.69) is 16.6 Å². The van der Waals surface area contributed by atoms with E-state index in [1.165, 1.54) is 23.8 Å². The van der Waals surface area contributed by atoms with Crippen molar-refractivity contribution in [3.05, 3.63) is 64.2 Å². The fourth-order valence-electron chi connectivity index (χ4n) is 2.39. The van der Waals surface area contributed by atoms with E-state index in [4.69, 9.17) is 11.6 Å². The van der Waals surface area contributed by atoms with Gasteiger partial charge in [0, 0.05) is 5.56 Å². The van der Waals surface area contributed by atoms with Gasteiger partial charge in [0.05, 0.1) is 22.4 Å². The number of hydrazone groups is 1. The molecule has 0 saturated carbocycles.